The first kappa shape index (κ1) is 19.4. The fourth-order valence-corrected chi connectivity index (χ4v) is 3.85. The third-order valence-corrected chi connectivity index (χ3v) is 5.58. The van der Waals surface area contributed by atoms with E-state index in [2.05, 4.69) is 20.8 Å². The first-order valence-corrected chi connectivity index (χ1v) is 9.77. The van der Waals surface area contributed by atoms with Crippen molar-refractivity contribution in [1.82, 2.24) is 20.2 Å². The van der Waals surface area contributed by atoms with E-state index < -0.39 is 22.9 Å². The Hall–Kier alpha value is -2.88. The number of thioether (sulfide) groups is 1. The molecule has 4 rings (SSSR count). The van der Waals surface area contributed by atoms with Gasteiger partial charge in [0.15, 0.2) is 0 Å². The summed E-state index contributed by atoms with van der Waals surface area (Å²) >= 11 is 1.17. The van der Waals surface area contributed by atoms with Gasteiger partial charge in [-0.2, -0.15) is 13.2 Å². The number of anilines is 1. The lowest BCUT2D eigenvalue weighted by atomic mass is 10.1. The van der Waals surface area contributed by atoms with Crippen LogP contribution in [0.3, 0.4) is 0 Å². The van der Waals surface area contributed by atoms with Crippen LogP contribution in [0.25, 0.3) is 0 Å². The van der Waals surface area contributed by atoms with Crippen molar-refractivity contribution >= 4 is 23.4 Å². The number of carbonyl (C=O) groups is 1. The topological polar surface area (TPSA) is 72.7 Å². The number of benzene rings is 2. The van der Waals surface area contributed by atoms with E-state index in [-0.39, 0.29) is 11.7 Å². The third-order valence-electron chi connectivity index (χ3n) is 4.38. The minimum Gasteiger partial charge on any atom is -0.325 e. The summed E-state index contributed by atoms with van der Waals surface area (Å²) in [6, 6.07) is 13.8. The number of carbonyl (C=O) groups excluding carboxylic acids is 1. The van der Waals surface area contributed by atoms with Gasteiger partial charge in [-0.05, 0) is 47.0 Å². The Kier molecular flexibility index (Phi) is 5.27. The smallest absolute Gasteiger partial charge is 0.325 e. The van der Waals surface area contributed by atoms with Gasteiger partial charge in [0.1, 0.15) is 5.25 Å². The zero-order chi connectivity index (χ0) is 20.4. The maximum atomic E-state index is 13.0. The largest absolute Gasteiger partial charge is 0.416 e. The molecule has 1 amide bonds. The summed E-state index contributed by atoms with van der Waals surface area (Å²) in [5.41, 5.74) is -0.0441. The van der Waals surface area contributed by atoms with Gasteiger partial charge in [-0.1, -0.05) is 48.2 Å². The average molecular weight is 419 g/mol. The maximum Gasteiger partial charge on any atom is 0.416 e. The van der Waals surface area contributed by atoms with Gasteiger partial charge in [-0.3, -0.25) is 4.79 Å². The summed E-state index contributed by atoms with van der Waals surface area (Å²) in [6.45, 7) is 0. The van der Waals surface area contributed by atoms with Crippen LogP contribution in [0.1, 0.15) is 35.3 Å². The van der Waals surface area contributed by atoms with Crippen molar-refractivity contribution in [3.8, 4) is 0 Å². The molecule has 1 saturated carbocycles. The molecule has 0 saturated heterocycles. The zero-order valence-corrected chi connectivity index (χ0v) is 15.8. The van der Waals surface area contributed by atoms with Crippen molar-refractivity contribution in [2.45, 2.75) is 35.5 Å². The number of nitrogens with zero attached hydrogens (tertiary/aromatic N) is 4. The molecule has 1 unspecified atom stereocenters. The lowest BCUT2D eigenvalue weighted by molar-refractivity contribution is -0.137. The molecule has 1 N–H and O–H groups in total. The van der Waals surface area contributed by atoms with E-state index in [1.807, 2.05) is 6.07 Å². The van der Waals surface area contributed by atoms with Crippen molar-refractivity contribution in [2.75, 3.05) is 5.32 Å². The molecule has 1 aromatic heterocycles. The molecule has 1 aliphatic carbocycles. The van der Waals surface area contributed by atoms with Crippen LogP contribution in [-0.2, 0) is 11.0 Å². The van der Waals surface area contributed by atoms with Crippen molar-refractivity contribution in [3.63, 3.8) is 0 Å². The van der Waals surface area contributed by atoms with E-state index in [1.54, 1.807) is 28.9 Å². The zero-order valence-electron chi connectivity index (χ0n) is 15.0. The quantitative estimate of drug-likeness (QED) is 0.596. The summed E-state index contributed by atoms with van der Waals surface area (Å²) in [4.78, 5) is 13.0. The lowest BCUT2D eigenvalue weighted by Gasteiger charge is -2.17. The van der Waals surface area contributed by atoms with Crippen LogP contribution in [0.5, 0.6) is 0 Å². The Morgan fingerprint density at radius 1 is 1.14 bits per heavy atom. The number of rotatable bonds is 6. The maximum absolute atomic E-state index is 13.0. The Bertz CT molecular complexity index is 1000. The van der Waals surface area contributed by atoms with Crippen LogP contribution in [0.15, 0.2) is 59.8 Å². The number of hydrogen-bond donors (Lipinski definition) is 1. The average Bonchev–Trinajstić information content (AvgIpc) is 3.44. The van der Waals surface area contributed by atoms with Crippen LogP contribution < -0.4 is 5.32 Å². The van der Waals surface area contributed by atoms with Gasteiger partial charge in [0, 0.05) is 5.69 Å². The summed E-state index contributed by atoms with van der Waals surface area (Å²) in [7, 11) is 0. The predicted molar refractivity (Wildman–Crippen MR) is 101 cm³/mol. The molecule has 0 bridgehead atoms. The number of halogens is 3. The fraction of sp³-hybridized carbons (Fsp3) is 0.263. The number of aromatic nitrogens is 4. The van der Waals surface area contributed by atoms with Crippen LogP contribution in [0.2, 0.25) is 0 Å². The molecule has 1 atom stereocenters. The van der Waals surface area contributed by atoms with E-state index in [0.29, 0.717) is 10.7 Å². The summed E-state index contributed by atoms with van der Waals surface area (Å²) in [5, 5.41) is 14.1. The second kappa shape index (κ2) is 7.86. The second-order valence-electron chi connectivity index (χ2n) is 6.61. The molecule has 1 aliphatic rings. The molecule has 10 heteroatoms. The van der Waals surface area contributed by atoms with Crippen LogP contribution in [-0.4, -0.2) is 26.1 Å². The number of hydrogen-bond acceptors (Lipinski definition) is 5. The summed E-state index contributed by atoms with van der Waals surface area (Å²) < 4.78 is 40.6. The molecule has 1 fully saturated rings. The normalized spacial score (nSPS) is 15.1. The highest BCUT2D eigenvalue weighted by molar-refractivity contribution is 8.00. The molecule has 150 valence electrons. The van der Waals surface area contributed by atoms with Gasteiger partial charge in [0.25, 0.3) is 0 Å². The molecule has 1 heterocycles. The Balaban J connectivity index is 1.59. The second-order valence-corrected chi connectivity index (χ2v) is 7.69. The molecule has 0 radical (unpaired) electrons. The highest BCUT2D eigenvalue weighted by Crippen LogP contribution is 2.41. The van der Waals surface area contributed by atoms with E-state index in [9.17, 15) is 18.0 Å². The van der Waals surface area contributed by atoms with Crippen LogP contribution >= 0.6 is 11.8 Å². The van der Waals surface area contributed by atoms with Gasteiger partial charge < -0.3 is 5.32 Å². The molecule has 3 aromatic rings. The van der Waals surface area contributed by atoms with Gasteiger partial charge in [-0.25, -0.2) is 4.68 Å². The monoisotopic (exact) mass is 419 g/mol. The van der Waals surface area contributed by atoms with E-state index in [4.69, 9.17) is 0 Å². The SMILES string of the molecule is O=C(Nc1cccc(C(F)(F)F)c1)C(Sc1nnnn1C1CC1)c1ccccc1. The highest BCUT2D eigenvalue weighted by atomic mass is 32.2. The van der Waals surface area contributed by atoms with Crippen molar-refractivity contribution in [3.05, 3.63) is 65.7 Å². The Morgan fingerprint density at radius 2 is 1.90 bits per heavy atom. The Morgan fingerprint density at radius 3 is 2.59 bits per heavy atom. The fourth-order valence-electron chi connectivity index (χ4n) is 2.80. The molecule has 0 spiro atoms. The van der Waals surface area contributed by atoms with Crippen molar-refractivity contribution in [2.24, 2.45) is 0 Å². The number of nitrogens with one attached hydrogen (secondary N) is 1. The molecule has 0 aliphatic heterocycles. The standard InChI is InChI=1S/C19H16F3N5OS/c20-19(21,22)13-7-4-8-14(11-13)23-17(28)16(12-5-2-1-3-6-12)29-18-24-25-26-27(18)15-9-10-15/h1-8,11,15-16H,9-10H2,(H,23,28). The molecular weight excluding hydrogens is 403 g/mol. The first-order valence-electron chi connectivity index (χ1n) is 8.89. The minimum absolute atomic E-state index is 0.0770. The van der Waals surface area contributed by atoms with Gasteiger partial charge in [0.05, 0.1) is 11.6 Å². The molecule has 29 heavy (non-hydrogen) atoms. The molecular formula is C19H16F3N5OS. The van der Waals surface area contributed by atoms with Gasteiger partial charge in [0.2, 0.25) is 11.1 Å². The van der Waals surface area contributed by atoms with E-state index >= 15 is 0 Å². The number of tetrazole rings is 1. The third kappa shape index (κ3) is 4.58. The van der Waals surface area contributed by atoms with Crippen molar-refractivity contribution in [1.29, 1.82) is 0 Å². The number of alkyl halides is 3. The van der Waals surface area contributed by atoms with Crippen molar-refractivity contribution < 1.29 is 18.0 Å². The highest BCUT2D eigenvalue weighted by Gasteiger charge is 2.32. The van der Waals surface area contributed by atoms with Crippen LogP contribution in [0, 0.1) is 0 Å². The molecule has 6 nitrogen and oxygen atoms in total. The van der Waals surface area contributed by atoms with Gasteiger partial charge >= 0.3 is 6.18 Å². The van der Waals surface area contributed by atoms with E-state index in [0.717, 1.165) is 25.0 Å². The predicted octanol–water partition coefficient (Wildman–Crippen LogP) is 4.50. The van der Waals surface area contributed by atoms with E-state index in [1.165, 1.54) is 23.9 Å². The minimum atomic E-state index is -4.49. The number of amides is 1. The van der Waals surface area contributed by atoms with Gasteiger partial charge in [-0.15, -0.1) is 5.10 Å². The summed E-state index contributed by atoms with van der Waals surface area (Å²) in [6.07, 6.45) is -2.53. The molecule has 2 aromatic carbocycles. The lowest BCUT2D eigenvalue weighted by Crippen LogP contribution is -2.20. The first-order chi connectivity index (χ1) is 13.9. The summed E-state index contributed by atoms with van der Waals surface area (Å²) in [5.74, 6) is -0.453. The Labute approximate surface area is 168 Å². The van der Waals surface area contributed by atoms with Crippen LogP contribution in [0.4, 0.5) is 18.9 Å².